The Morgan fingerprint density at radius 3 is 1.81 bits per heavy atom. The molecule has 5 nitrogen and oxygen atoms in total. The second kappa shape index (κ2) is 4.65. The Kier molecular flexibility index (Phi) is 3.50. The fraction of sp³-hybridized carbons (Fsp3) is 0.273. The van der Waals surface area contributed by atoms with Crippen molar-refractivity contribution < 1.29 is 19.8 Å². The SMILES string of the molecule is CN(C)c1ccc(C(C(=O)O)C(=O)O)cc1. The highest BCUT2D eigenvalue weighted by molar-refractivity contribution is 5.99. The van der Waals surface area contributed by atoms with Crippen molar-refractivity contribution in [2.45, 2.75) is 5.92 Å². The molecule has 1 aromatic carbocycles. The maximum absolute atomic E-state index is 10.8. The van der Waals surface area contributed by atoms with E-state index in [1.807, 2.05) is 19.0 Å². The third-order valence-corrected chi connectivity index (χ3v) is 2.24. The molecule has 0 amide bonds. The molecular weight excluding hydrogens is 210 g/mol. The van der Waals surface area contributed by atoms with Crippen LogP contribution in [0.5, 0.6) is 0 Å². The van der Waals surface area contributed by atoms with Gasteiger partial charge in [-0.05, 0) is 17.7 Å². The van der Waals surface area contributed by atoms with Gasteiger partial charge in [0.1, 0.15) is 0 Å². The molecule has 0 heterocycles. The highest BCUT2D eigenvalue weighted by Crippen LogP contribution is 2.20. The zero-order valence-corrected chi connectivity index (χ0v) is 9.04. The summed E-state index contributed by atoms with van der Waals surface area (Å²) in [6.07, 6.45) is 0. The molecule has 0 bridgehead atoms. The lowest BCUT2D eigenvalue weighted by atomic mass is 9.99. The summed E-state index contributed by atoms with van der Waals surface area (Å²) in [6, 6.07) is 6.41. The predicted molar refractivity (Wildman–Crippen MR) is 58.8 cm³/mol. The molecule has 86 valence electrons. The number of aliphatic carboxylic acids is 2. The average Bonchev–Trinajstić information content (AvgIpc) is 2.17. The molecule has 0 fully saturated rings. The molecule has 0 aliphatic heterocycles. The van der Waals surface area contributed by atoms with Gasteiger partial charge in [0.15, 0.2) is 5.92 Å². The van der Waals surface area contributed by atoms with Gasteiger partial charge in [0.05, 0.1) is 0 Å². The summed E-state index contributed by atoms with van der Waals surface area (Å²) in [6.45, 7) is 0. The summed E-state index contributed by atoms with van der Waals surface area (Å²) in [5.41, 5.74) is 1.16. The third-order valence-electron chi connectivity index (χ3n) is 2.24. The van der Waals surface area contributed by atoms with E-state index in [1.54, 1.807) is 12.1 Å². The molecule has 0 saturated heterocycles. The van der Waals surface area contributed by atoms with Crippen molar-refractivity contribution in [2.75, 3.05) is 19.0 Å². The summed E-state index contributed by atoms with van der Waals surface area (Å²) in [5, 5.41) is 17.6. The van der Waals surface area contributed by atoms with Gasteiger partial charge in [-0.2, -0.15) is 0 Å². The zero-order chi connectivity index (χ0) is 12.3. The Bertz CT molecular complexity index is 383. The Hall–Kier alpha value is -2.04. The molecule has 0 spiro atoms. The van der Waals surface area contributed by atoms with E-state index in [2.05, 4.69) is 0 Å². The van der Waals surface area contributed by atoms with E-state index >= 15 is 0 Å². The minimum atomic E-state index is -1.50. The molecule has 0 radical (unpaired) electrons. The molecule has 16 heavy (non-hydrogen) atoms. The van der Waals surface area contributed by atoms with Gasteiger partial charge in [-0.25, -0.2) is 0 Å². The van der Waals surface area contributed by atoms with E-state index in [4.69, 9.17) is 10.2 Å². The van der Waals surface area contributed by atoms with Crippen LogP contribution in [-0.2, 0) is 9.59 Å². The normalized spacial score (nSPS) is 10.2. The van der Waals surface area contributed by atoms with Crippen LogP contribution in [0.15, 0.2) is 24.3 Å². The van der Waals surface area contributed by atoms with E-state index in [1.165, 1.54) is 12.1 Å². The summed E-state index contributed by atoms with van der Waals surface area (Å²) < 4.78 is 0. The van der Waals surface area contributed by atoms with Gasteiger partial charge >= 0.3 is 11.9 Å². The number of carboxylic acids is 2. The molecule has 2 N–H and O–H groups in total. The summed E-state index contributed by atoms with van der Waals surface area (Å²) in [4.78, 5) is 23.4. The van der Waals surface area contributed by atoms with Crippen LogP contribution in [0.3, 0.4) is 0 Å². The first kappa shape index (κ1) is 12.0. The van der Waals surface area contributed by atoms with Crippen molar-refractivity contribution >= 4 is 17.6 Å². The fourth-order valence-electron chi connectivity index (χ4n) is 1.36. The van der Waals surface area contributed by atoms with Crippen LogP contribution >= 0.6 is 0 Å². The molecule has 0 atom stereocenters. The third kappa shape index (κ3) is 2.50. The average molecular weight is 223 g/mol. The quantitative estimate of drug-likeness (QED) is 0.745. The van der Waals surface area contributed by atoms with Crippen LogP contribution in [0.2, 0.25) is 0 Å². The number of rotatable bonds is 4. The smallest absolute Gasteiger partial charge is 0.322 e. The van der Waals surface area contributed by atoms with Crippen molar-refractivity contribution in [2.24, 2.45) is 0 Å². The molecule has 0 unspecified atom stereocenters. The van der Waals surface area contributed by atoms with Crippen molar-refractivity contribution in [1.82, 2.24) is 0 Å². The highest BCUT2D eigenvalue weighted by Gasteiger charge is 2.27. The lowest BCUT2D eigenvalue weighted by Crippen LogP contribution is -2.21. The number of benzene rings is 1. The monoisotopic (exact) mass is 223 g/mol. The topological polar surface area (TPSA) is 77.8 Å². The molecule has 1 rings (SSSR count). The summed E-state index contributed by atoms with van der Waals surface area (Å²) >= 11 is 0. The number of carboxylic acid groups (broad SMARTS) is 2. The van der Waals surface area contributed by atoms with Crippen molar-refractivity contribution in [3.63, 3.8) is 0 Å². The van der Waals surface area contributed by atoms with Gasteiger partial charge in [-0.1, -0.05) is 12.1 Å². The zero-order valence-electron chi connectivity index (χ0n) is 9.04. The van der Waals surface area contributed by atoms with Gasteiger partial charge in [0.2, 0.25) is 0 Å². The Balaban J connectivity index is 3.04. The summed E-state index contributed by atoms with van der Waals surface area (Å²) in [5.74, 6) is -4.22. The van der Waals surface area contributed by atoms with Crippen molar-refractivity contribution in [3.8, 4) is 0 Å². The largest absolute Gasteiger partial charge is 0.480 e. The Morgan fingerprint density at radius 2 is 1.50 bits per heavy atom. The maximum Gasteiger partial charge on any atom is 0.322 e. The lowest BCUT2D eigenvalue weighted by molar-refractivity contribution is -0.150. The molecule has 0 aliphatic rings. The van der Waals surface area contributed by atoms with Gasteiger partial charge in [0, 0.05) is 19.8 Å². The molecule has 5 heteroatoms. The molecule has 1 aromatic rings. The van der Waals surface area contributed by atoms with Crippen LogP contribution in [0.1, 0.15) is 11.5 Å². The van der Waals surface area contributed by atoms with Crippen LogP contribution in [0, 0.1) is 0 Å². The number of nitrogens with zero attached hydrogens (tertiary/aromatic N) is 1. The van der Waals surface area contributed by atoms with E-state index in [0.717, 1.165) is 5.69 Å². The standard InChI is InChI=1S/C11H13NO4/c1-12(2)8-5-3-7(4-6-8)9(10(13)14)11(15)16/h3-6,9H,1-2H3,(H,13,14)(H,15,16). The van der Waals surface area contributed by atoms with Crippen LogP contribution in [-0.4, -0.2) is 36.2 Å². The van der Waals surface area contributed by atoms with E-state index < -0.39 is 17.9 Å². The number of hydrogen-bond acceptors (Lipinski definition) is 3. The minimum Gasteiger partial charge on any atom is -0.480 e. The molecule has 0 aliphatic carbocycles. The number of hydrogen-bond donors (Lipinski definition) is 2. The second-order valence-corrected chi connectivity index (χ2v) is 3.60. The van der Waals surface area contributed by atoms with Gasteiger partial charge in [-0.15, -0.1) is 0 Å². The highest BCUT2D eigenvalue weighted by atomic mass is 16.4. The predicted octanol–water partition coefficient (Wildman–Crippen LogP) is 1.01. The van der Waals surface area contributed by atoms with Crippen LogP contribution < -0.4 is 4.90 Å². The van der Waals surface area contributed by atoms with Crippen LogP contribution in [0.4, 0.5) is 5.69 Å². The first-order chi connectivity index (χ1) is 7.43. The molecular formula is C11H13NO4. The Morgan fingerprint density at radius 1 is 1.06 bits per heavy atom. The maximum atomic E-state index is 10.8. The number of carbonyl (C=O) groups is 2. The van der Waals surface area contributed by atoms with Gasteiger partial charge < -0.3 is 15.1 Å². The molecule has 0 aromatic heterocycles. The van der Waals surface area contributed by atoms with E-state index in [9.17, 15) is 9.59 Å². The first-order valence-corrected chi connectivity index (χ1v) is 4.66. The van der Waals surface area contributed by atoms with Crippen LogP contribution in [0.25, 0.3) is 0 Å². The van der Waals surface area contributed by atoms with E-state index in [-0.39, 0.29) is 5.56 Å². The lowest BCUT2D eigenvalue weighted by Gasteiger charge is -2.14. The minimum absolute atomic E-state index is 0.269. The Labute approximate surface area is 92.9 Å². The summed E-state index contributed by atoms with van der Waals surface area (Å²) in [7, 11) is 3.70. The van der Waals surface area contributed by atoms with Gasteiger partial charge in [-0.3, -0.25) is 9.59 Å². The molecule has 0 saturated carbocycles. The van der Waals surface area contributed by atoms with E-state index in [0.29, 0.717) is 0 Å². The first-order valence-electron chi connectivity index (χ1n) is 4.66. The van der Waals surface area contributed by atoms with Crippen molar-refractivity contribution in [1.29, 1.82) is 0 Å². The van der Waals surface area contributed by atoms with Crippen molar-refractivity contribution in [3.05, 3.63) is 29.8 Å². The van der Waals surface area contributed by atoms with Gasteiger partial charge in [0.25, 0.3) is 0 Å². The fourth-order valence-corrected chi connectivity index (χ4v) is 1.36. The second-order valence-electron chi connectivity index (χ2n) is 3.60. The number of anilines is 1.